The molecule has 1 aromatic heterocycles. The summed E-state index contributed by atoms with van der Waals surface area (Å²) in [5, 5.41) is 7.97. The maximum absolute atomic E-state index is 5.85. The van der Waals surface area contributed by atoms with Crippen molar-refractivity contribution < 1.29 is 4.52 Å². The lowest BCUT2D eigenvalue weighted by molar-refractivity contribution is 0.355. The van der Waals surface area contributed by atoms with Crippen molar-refractivity contribution in [3.63, 3.8) is 0 Å². The van der Waals surface area contributed by atoms with Gasteiger partial charge >= 0.3 is 0 Å². The Morgan fingerprint density at radius 2 is 2.05 bits per heavy atom. The van der Waals surface area contributed by atoms with Gasteiger partial charge in [0.15, 0.2) is 5.82 Å². The Morgan fingerprint density at radius 1 is 1.32 bits per heavy atom. The summed E-state index contributed by atoms with van der Waals surface area (Å²) in [5.74, 6) is 1.40. The van der Waals surface area contributed by atoms with Crippen LogP contribution in [0.1, 0.15) is 30.6 Å². The Bertz CT molecular complexity index is 506. The molecule has 0 radical (unpaired) electrons. The van der Waals surface area contributed by atoms with Crippen molar-refractivity contribution in [3.05, 3.63) is 46.6 Å². The monoisotopic (exact) mass is 279 g/mol. The molecule has 1 N–H and O–H groups in total. The average molecular weight is 280 g/mol. The van der Waals surface area contributed by atoms with Gasteiger partial charge in [0, 0.05) is 23.9 Å². The van der Waals surface area contributed by atoms with Crippen LogP contribution < -0.4 is 5.32 Å². The van der Waals surface area contributed by atoms with Crippen LogP contribution in [-0.2, 0) is 12.8 Å². The maximum atomic E-state index is 5.85. The molecular formula is C14H18ClN3O. The maximum Gasteiger partial charge on any atom is 0.228 e. The second-order valence-electron chi connectivity index (χ2n) is 4.51. The standard InChI is InChI=1S/C14H18ClN3O/c1-3-12(16-2)9-14-17-13(18-19-14)8-10-4-6-11(15)7-5-10/h4-7,12,16H,3,8-9H2,1-2H3. The lowest BCUT2D eigenvalue weighted by Gasteiger charge is -2.09. The molecule has 1 aromatic carbocycles. The minimum atomic E-state index is 0.379. The number of likely N-dealkylation sites (N-methyl/N-ethyl adjacent to an activating group) is 1. The predicted octanol–water partition coefficient (Wildman–Crippen LogP) is 2.85. The minimum absolute atomic E-state index is 0.379. The van der Waals surface area contributed by atoms with E-state index in [0.717, 1.165) is 23.4 Å². The number of halogens is 1. The first-order valence-electron chi connectivity index (χ1n) is 6.44. The first-order chi connectivity index (χ1) is 9.21. The van der Waals surface area contributed by atoms with Crippen LogP contribution in [-0.4, -0.2) is 23.2 Å². The van der Waals surface area contributed by atoms with E-state index >= 15 is 0 Å². The molecule has 5 heteroatoms. The summed E-state index contributed by atoms with van der Waals surface area (Å²) in [6.45, 7) is 2.13. The SMILES string of the molecule is CCC(Cc1nc(Cc2ccc(Cl)cc2)no1)NC. The second kappa shape index (κ2) is 6.68. The summed E-state index contributed by atoms with van der Waals surface area (Å²) in [6, 6.07) is 8.06. The van der Waals surface area contributed by atoms with E-state index in [4.69, 9.17) is 16.1 Å². The molecule has 2 rings (SSSR count). The molecule has 1 heterocycles. The van der Waals surface area contributed by atoms with E-state index in [9.17, 15) is 0 Å². The smallest absolute Gasteiger partial charge is 0.228 e. The molecule has 2 aromatic rings. The molecule has 102 valence electrons. The van der Waals surface area contributed by atoms with Gasteiger partial charge in [0.1, 0.15) is 0 Å². The zero-order valence-electron chi connectivity index (χ0n) is 11.2. The fourth-order valence-electron chi connectivity index (χ4n) is 1.89. The van der Waals surface area contributed by atoms with Crippen molar-refractivity contribution in [1.29, 1.82) is 0 Å². The van der Waals surface area contributed by atoms with Gasteiger partial charge in [-0.05, 0) is 31.2 Å². The number of nitrogens with zero attached hydrogens (tertiary/aromatic N) is 2. The quantitative estimate of drug-likeness (QED) is 0.883. The van der Waals surface area contributed by atoms with Crippen molar-refractivity contribution in [2.75, 3.05) is 7.05 Å². The summed E-state index contributed by atoms with van der Waals surface area (Å²) < 4.78 is 5.27. The number of benzene rings is 1. The summed E-state index contributed by atoms with van der Waals surface area (Å²) >= 11 is 5.85. The Morgan fingerprint density at radius 3 is 2.68 bits per heavy atom. The minimum Gasteiger partial charge on any atom is -0.339 e. The highest BCUT2D eigenvalue weighted by atomic mass is 35.5. The summed E-state index contributed by atoms with van der Waals surface area (Å²) in [7, 11) is 1.94. The van der Waals surface area contributed by atoms with E-state index in [1.807, 2.05) is 31.3 Å². The Hall–Kier alpha value is -1.39. The fourth-order valence-corrected chi connectivity index (χ4v) is 2.02. The van der Waals surface area contributed by atoms with E-state index in [-0.39, 0.29) is 0 Å². The molecule has 0 saturated carbocycles. The number of rotatable bonds is 6. The van der Waals surface area contributed by atoms with Gasteiger partial charge in [-0.2, -0.15) is 4.98 Å². The first-order valence-corrected chi connectivity index (χ1v) is 6.82. The van der Waals surface area contributed by atoms with Gasteiger partial charge in [-0.1, -0.05) is 35.8 Å². The second-order valence-corrected chi connectivity index (χ2v) is 4.94. The highest BCUT2D eigenvalue weighted by Crippen LogP contribution is 2.12. The third-order valence-corrected chi connectivity index (χ3v) is 3.36. The fraction of sp³-hybridized carbons (Fsp3) is 0.429. The molecule has 0 amide bonds. The average Bonchev–Trinajstić information content (AvgIpc) is 2.86. The molecule has 1 atom stereocenters. The van der Waals surface area contributed by atoms with Crippen molar-refractivity contribution in [1.82, 2.24) is 15.5 Å². The number of aromatic nitrogens is 2. The topological polar surface area (TPSA) is 51.0 Å². The lowest BCUT2D eigenvalue weighted by Crippen LogP contribution is -2.26. The van der Waals surface area contributed by atoms with Crippen LogP contribution in [0.3, 0.4) is 0 Å². The van der Waals surface area contributed by atoms with Crippen molar-refractivity contribution >= 4 is 11.6 Å². The Balaban J connectivity index is 1.99. The first kappa shape index (κ1) is 14.0. The zero-order chi connectivity index (χ0) is 13.7. The van der Waals surface area contributed by atoms with Crippen molar-refractivity contribution in [3.8, 4) is 0 Å². The van der Waals surface area contributed by atoms with E-state index in [0.29, 0.717) is 24.2 Å². The molecule has 0 aliphatic heterocycles. The van der Waals surface area contributed by atoms with Crippen LogP contribution >= 0.6 is 11.6 Å². The van der Waals surface area contributed by atoms with Gasteiger partial charge in [0.2, 0.25) is 5.89 Å². The Kier molecular flexibility index (Phi) is 4.93. The third-order valence-electron chi connectivity index (χ3n) is 3.11. The highest BCUT2D eigenvalue weighted by molar-refractivity contribution is 6.30. The van der Waals surface area contributed by atoms with Crippen LogP contribution in [0.15, 0.2) is 28.8 Å². The Labute approximate surface area is 118 Å². The van der Waals surface area contributed by atoms with Crippen molar-refractivity contribution in [2.24, 2.45) is 0 Å². The molecule has 4 nitrogen and oxygen atoms in total. The molecule has 0 fully saturated rings. The van der Waals surface area contributed by atoms with Gasteiger partial charge in [0.25, 0.3) is 0 Å². The number of nitrogens with one attached hydrogen (secondary N) is 1. The van der Waals surface area contributed by atoms with E-state index in [2.05, 4.69) is 22.4 Å². The van der Waals surface area contributed by atoms with Gasteiger partial charge in [-0.15, -0.1) is 0 Å². The summed E-state index contributed by atoms with van der Waals surface area (Å²) in [6.07, 6.45) is 2.46. The van der Waals surface area contributed by atoms with Gasteiger partial charge in [-0.25, -0.2) is 0 Å². The lowest BCUT2D eigenvalue weighted by atomic mass is 10.1. The molecular weight excluding hydrogens is 262 g/mol. The normalized spacial score (nSPS) is 12.6. The zero-order valence-corrected chi connectivity index (χ0v) is 11.9. The molecule has 0 spiro atoms. The third kappa shape index (κ3) is 4.04. The molecule has 0 saturated heterocycles. The van der Waals surface area contributed by atoms with E-state index in [1.54, 1.807) is 0 Å². The molecule has 0 bridgehead atoms. The highest BCUT2D eigenvalue weighted by Gasteiger charge is 2.11. The number of hydrogen-bond acceptors (Lipinski definition) is 4. The number of hydrogen-bond donors (Lipinski definition) is 1. The summed E-state index contributed by atoms with van der Waals surface area (Å²) in [5.41, 5.74) is 1.12. The summed E-state index contributed by atoms with van der Waals surface area (Å²) in [4.78, 5) is 4.41. The van der Waals surface area contributed by atoms with Crippen LogP contribution in [0.25, 0.3) is 0 Å². The predicted molar refractivity (Wildman–Crippen MR) is 75.4 cm³/mol. The molecule has 0 aliphatic rings. The van der Waals surface area contributed by atoms with Gasteiger partial charge in [-0.3, -0.25) is 0 Å². The van der Waals surface area contributed by atoms with Crippen molar-refractivity contribution in [2.45, 2.75) is 32.2 Å². The van der Waals surface area contributed by atoms with Gasteiger partial charge in [0.05, 0.1) is 0 Å². The van der Waals surface area contributed by atoms with E-state index < -0.39 is 0 Å². The molecule has 19 heavy (non-hydrogen) atoms. The van der Waals surface area contributed by atoms with Crippen LogP contribution in [0.5, 0.6) is 0 Å². The van der Waals surface area contributed by atoms with Crippen LogP contribution in [0.4, 0.5) is 0 Å². The van der Waals surface area contributed by atoms with Crippen LogP contribution in [0, 0.1) is 0 Å². The van der Waals surface area contributed by atoms with Crippen LogP contribution in [0.2, 0.25) is 5.02 Å². The molecule has 0 aliphatic carbocycles. The van der Waals surface area contributed by atoms with Gasteiger partial charge < -0.3 is 9.84 Å². The largest absolute Gasteiger partial charge is 0.339 e. The van der Waals surface area contributed by atoms with E-state index in [1.165, 1.54) is 0 Å². The molecule has 1 unspecified atom stereocenters.